The van der Waals surface area contributed by atoms with Crippen molar-refractivity contribution in [3.8, 4) is 5.75 Å². The van der Waals surface area contributed by atoms with E-state index in [1.165, 1.54) is 18.4 Å². The average Bonchev–Trinajstić information content (AvgIpc) is 3.52. The topological polar surface area (TPSA) is 58.1 Å². The predicted molar refractivity (Wildman–Crippen MR) is 105 cm³/mol. The molecule has 0 aromatic heterocycles. The first-order valence-electron chi connectivity index (χ1n) is 9.78. The molecule has 2 N–H and O–H groups in total. The first-order valence-corrected chi connectivity index (χ1v) is 9.78. The molecule has 2 aliphatic rings. The second-order valence-corrected chi connectivity index (χ2v) is 6.98. The van der Waals surface area contributed by atoms with E-state index in [0.717, 1.165) is 63.6 Å². The van der Waals surface area contributed by atoms with Crippen LogP contribution in [-0.2, 0) is 4.74 Å². The van der Waals surface area contributed by atoms with Crippen molar-refractivity contribution >= 4 is 5.96 Å². The van der Waals surface area contributed by atoms with Crippen LogP contribution in [-0.4, -0.2) is 63.9 Å². The van der Waals surface area contributed by atoms with Gasteiger partial charge in [0.2, 0.25) is 0 Å². The predicted octanol–water partition coefficient (Wildman–Crippen LogP) is 2.03. The summed E-state index contributed by atoms with van der Waals surface area (Å²) >= 11 is 0. The van der Waals surface area contributed by atoms with E-state index >= 15 is 0 Å². The zero-order valence-electron chi connectivity index (χ0n) is 16.0. The number of hydrogen-bond donors (Lipinski definition) is 2. The summed E-state index contributed by atoms with van der Waals surface area (Å²) in [6, 6.07) is 8.62. The van der Waals surface area contributed by atoms with Crippen LogP contribution in [0.5, 0.6) is 5.75 Å². The normalized spacial score (nSPS) is 19.8. The molecule has 6 nitrogen and oxygen atoms in total. The molecule has 1 unspecified atom stereocenters. The summed E-state index contributed by atoms with van der Waals surface area (Å²) in [4.78, 5) is 7.36. The van der Waals surface area contributed by atoms with E-state index in [2.05, 4.69) is 34.6 Å². The van der Waals surface area contributed by atoms with Crippen molar-refractivity contribution in [2.24, 2.45) is 10.9 Å². The largest absolute Gasteiger partial charge is 0.497 e. The summed E-state index contributed by atoms with van der Waals surface area (Å²) in [6.45, 7) is 8.20. The van der Waals surface area contributed by atoms with Crippen molar-refractivity contribution in [1.82, 2.24) is 15.5 Å². The van der Waals surface area contributed by atoms with Crippen LogP contribution in [0.15, 0.2) is 29.3 Å². The molecule has 3 rings (SSSR count). The fourth-order valence-electron chi connectivity index (χ4n) is 3.23. The molecule has 144 valence electrons. The summed E-state index contributed by atoms with van der Waals surface area (Å²) < 4.78 is 10.8. The minimum absolute atomic E-state index is 0.251. The highest BCUT2D eigenvalue weighted by atomic mass is 16.5. The van der Waals surface area contributed by atoms with Gasteiger partial charge < -0.3 is 20.1 Å². The molecule has 1 atom stereocenters. The summed E-state index contributed by atoms with van der Waals surface area (Å²) in [7, 11) is 1.70. The Kier molecular flexibility index (Phi) is 7.14. The lowest BCUT2D eigenvalue weighted by molar-refractivity contribution is 0.0179. The third-order valence-corrected chi connectivity index (χ3v) is 5.01. The van der Waals surface area contributed by atoms with Crippen molar-refractivity contribution in [3.63, 3.8) is 0 Å². The van der Waals surface area contributed by atoms with Crippen LogP contribution in [0.25, 0.3) is 0 Å². The molecule has 1 saturated carbocycles. The van der Waals surface area contributed by atoms with Gasteiger partial charge >= 0.3 is 0 Å². The van der Waals surface area contributed by atoms with Gasteiger partial charge in [0, 0.05) is 26.2 Å². The van der Waals surface area contributed by atoms with E-state index in [9.17, 15) is 0 Å². The number of nitrogens with one attached hydrogen (secondary N) is 2. The van der Waals surface area contributed by atoms with Crippen molar-refractivity contribution in [2.75, 3.05) is 53.0 Å². The van der Waals surface area contributed by atoms with Crippen LogP contribution in [0, 0.1) is 5.92 Å². The Balaban J connectivity index is 1.70. The summed E-state index contributed by atoms with van der Waals surface area (Å²) in [6.07, 6.45) is 2.68. The minimum atomic E-state index is 0.251. The lowest BCUT2D eigenvalue weighted by atomic mass is 10.0. The van der Waals surface area contributed by atoms with E-state index in [1.54, 1.807) is 7.11 Å². The molecule has 6 heteroatoms. The van der Waals surface area contributed by atoms with Crippen molar-refractivity contribution in [2.45, 2.75) is 25.8 Å². The smallest absolute Gasteiger partial charge is 0.191 e. The third-order valence-electron chi connectivity index (χ3n) is 5.01. The molecular formula is C20H32N4O2. The molecule has 1 saturated heterocycles. The van der Waals surface area contributed by atoms with E-state index in [-0.39, 0.29) is 6.04 Å². The van der Waals surface area contributed by atoms with Crippen LogP contribution in [0.4, 0.5) is 0 Å². The van der Waals surface area contributed by atoms with Gasteiger partial charge in [0.05, 0.1) is 32.9 Å². The number of ether oxygens (including phenoxy) is 2. The zero-order chi connectivity index (χ0) is 18.2. The fraction of sp³-hybridized carbons (Fsp3) is 0.650. The highest BCUT2D eigenvalue weighted by Gasteiger charge is 2.23. The van der Waals surface area contributed by atoms with Gasteiger partial charge in [-0.25, -0.2) is 0 Å². The summed E-state index contributed by atoms with van der Waals surface area (Å²) in [5, 5.41) is 6.86. The zero-order valence-corrected chi connectivity index (χ0v) is 16.0. The van der Waals surface area contributed by atoms with Crippen LogP contribution in [0.3, 0.4) is 0 Å². The van der Waals surface area contributed by atoms with Crippen molar-refractivity contribution in [3.05, 3.63) is 29.8 Å². The minimum Gasteiger partial charge on any atom is -0.497 e. The van der Waals surface area contributed by atoms with Crippen molar-refractivity contribution < 1.29 is 9.47 Å². The molecule has 0 spiro atoms. The second-order valence-electron chi connectivity index (χ2n) is 6.98. The summed E-state index contributed by atoms with van der Waals surface area (Å²) in [5.41, 5.74) is 1.27. The number of morpholine rings is 1. The molecule has 0 bridgehead atoms. The molecule has 1 heterocycles. The van der Waals surface area contributed by atoms with E-state index in [1.807, 2.05) is 12.1 Å². The molecule has 0 radical (unpaired) electrons. The van der Waals surface area contributed by atoms with Crippen molar-refractivity contribution in [1.29, 1.82) is 0 Å². The number of guanidine groups is 1. The van der Waals surface area contributed by atoms with E-state index in [4.69, 9.17) is 14.5 Å². The van der Waals surface area contributed by atoms with Gasteiger partial charge in [0.1, 0.15) is 5.75 Å². The van der Waals surface area contributed by atoms with Gasteiger partial charge in [-0.15, -0.1) is 0 Å². The second kappa shape index (κ2) is 9.78. The fourth-order valence-corrected chi connectivity index (χ4v) is 3.23. The molecular weight excluding hydrogens is 328 g/mol. The molecule has 1 aliphatic carbocycles. The quantitative estimate of drug-likeness (QED) is 0.549. The average molecular weight is 361 g/mol. The number of aliphatic imine (C=N–C) groups is 1. The van der Waals surface area contributed by atoms with Crippen LogP contribution >= 0.6 is 0 Å². The maximum atomic E-state index is 5.54. The maximum Gasteiger partial charge on any atom is 0.191 e. The Morgan fingerprint density at radius 2 is 1.96 bits per heavy atom. The first-order chi connectivity index (χ1) is 12.8. The lowest BCUT2D eigenvalue weighted by Crippen LogP contribution is -2.42. The number of nitrogens with zero attached hydrogens (tertiary/aromatic N) is 2. The summed E-state index contributed by atoms with van der Waals surface area (Å²) in [5.74, 6) is 2.64. The molecule has 1 aromatic rings. The molecule has 2 fully saturated rings. The van der Waals surface area contributed by atoms with Gasteiger partial charge in [-0.2, -0.15) is 0 Å². The Labute approximate surface area is 157 Å². The van der Waals surface area contributed by atoms with Gasteiger partial charge in [-0.1, -0.05) is 12.1 Å². The highest BCUT2D eigenvalue weighted by molar-refractivity contribution is 5.79. The van der Waals surface area contributed by atoms with Gasteiger partial charge in [0.15, 0.2) is 5.96 Å². The Hall–Kier alpha value is -1.79. The van der Waals surface area contributed by atoms with Gasteiger partial charge in [-0.05, 0) is 43.4 Å². The Morgan fingerprint density at radius 3 is 2.58 bits per heavy atom. The number of methoxy groups -OCH3 is 1. The molecule has 1 aliphatic heterocycles. The van der Waals surface area contributed by atoms with Crippen LogP contribution in [0.2, 0.25) is 0 Å². The number of benzene rings is 1. The lowest BCUT2D eigenvalue weighted by Gasteiger charge is -2.34. The highest BCUT2D eigenvalue weighted by Crippen LogP contribution is 2.27. The maximum absolute atomic E-state index is 5.54. The molecule has 26 heavy (non-hydrogen) atoms. The number of hydrogen-bond acceptors (Lipinski definition) is 4. The van der Waals surface area contributed by atoms with Gasteiger partial charge in [0.25, 0.3) is 0 Å². The monoisotopic (exact) mass is 360 g/mol. The van der Waals surface area contributed by atoms with Crippen LogP contribution < -0.4 is 15.4 Å². The van der Waals surface area contributed by atoms with E-state index in [0.29, 0.717) is 0 Å². The standard InChI is InChI=1S/C20H32N4O2/c1-3-21-20(22-14-16-4-5-16)23-15-19(24-10-12-26-13-11-24)17-6-8-18(25-2)9-7-17/h6-9,16,19H,3-5,10-15H2,1-2H3,(H2,21,22,23). The Bertz CT molecular complexity index is 566. The third kappa shape index (κ3) is 5.61. The first kappa shape index (κ1) is 19.0. The van der Waals surface area contributed by atoms with Crippen LogP contribution in [0.1, 0.15) is 31.4 Å². The van der Waals surface area contributed by atoms with Gasteiger partial charge in [-0.3, -0.25) is 9.89 Å². The number of rotatable bonds is 8. The Morgan fingerprint density at radius 1 is 1.23 bits per heavy atom. The molecule has 1 aromatic carbocycles. The van der Waals surface area contributed by atoms with E-state index < -0.39 is 0 Å². The SMILES string of the molecule is CCNC(=NCC(c1ccc(OC)cc1)N1CCOCC1)NCC1CC1. The molecule has 0 amide bonds.